The number of morpholine rings is 1. The molecule has 134 valence electrons. The van der Waals surface area contributed by atoms with Crippen LogP contribution in [-0.4, -0.2) is 54.9 Å². The zero-order chi connectivity index (χ0) is 17.1. The summed E-state index contributed by atoms with van der Waals surface area (Å²) in [5.41, 5.74) is 2.75. The molecule has 1 aromatic carbocycles. The summed E-state index contributed by atoms with van der Waals surface area (Å²) in [6.07, 6.45) is 7.01. The molecule has 2 aromatic rings. The van der Waals surface area contributed by atoms with Gasteiger partial charge in [0.15, 0.2) is 0 Å². The fraction of sp³-hybridized carbons (Fsp3) is 0.579. The van der Waals surface area contributed by atoms with E-state index in [1.165, 1.54) is 30.6 Å². The van der Waals surface area contributed by atoms with E-state index in [1.807, 2.05) is 24.5 Å². The first-order valence-electron chi connectivity index (χ1n) is 9.47. The Morgan fingerprint density at radius 3 is 2.88 bits per heavy atom. The van der Waals surface area contributed by atoms with E-state index in [0.717, 1.165) is 43.9 Å². The van der Waals surface area contributed by atoms with E-state index in [4.69, 9.17) is 4.74 Å². The largest absolute Gasteiger partial charge is 0.370 e. The minimum absolute atomic E-state index is 0.00928. The molecule has 0 spiro atoms. The first kappa shape index (κ1) is 16.5. The number of benzene rings is 1. The highest BCUT2D eigenvalue weighted by Gasteiger charge is 2.19. The van der Waals surface area contributed by atoms with Gasteiger partial charge in [0.05, 0.1) is 43.7 Å². The van der Waals surface area contributed by atoms with Gasteiger partial charge in [0.2, 0.25) is 0 Å². The molecule has 25 heavy (non-hydrogen) atoms. The second-order valence-corrected chi connectivity index (χ2v) is 7.16. The van der Waals surface area contributed by atoms with Crippen molar-refractivity contribution in [1.29, 1.82) is 0 Å². The van der Waals surface area contributed by atoms with Crippen LogP contribution in [0.1, 0.15) is 42.1 Å². The normalized spacial score (nSPS) is 19.5. The quantitative estimate of drug-likeness (QED) is 0.844. The van der Waals surface area contributed by atoms with Crippen molar-refractivity contribution in [3.63, 3.8) is 0 Å². The highest BCUT2D eigenvalue weighted by molar-refractivity contribution is 5.97. The zero-order valence-corrected chi connectivity index (χ0v) is 14.7. The molecule has 6 heteroatoms. The number of imidazole rings is 1. The van der Waals surface area contributed by atoms with E-state index >= 15 is 0 Å². The Balaban J connectivity index is 1.38. The van der Waals surface area contributed by atoms with Gasteiger partial charge < -0.3 is 19.5 Å². The standard InChI is InChI=1S/C19H26N4O2/c24-19(20-7-8-22-9-11-25-12-10-22)15-5-6-18-17(13-15)21-14-23(18)16-3-1-2-4-16/h5-6,13-14,16H,1-4,7-12H2,(H,20,24)/p+1. The summed E-state index contributed by atoms with van der Waals surface area (Å²) in [7, 11) is 0. The predicted octanol–water partition coefficient (Wildman–Crippen LogP) is 0.796. The van der Waals surface area contributed by atoms with Crippen LogP contribution in [0.15, 0.2) is 24.5 Å². The number of nitrogens with one attached hydrogen (secondary N) is 2. The highest BCUT2D eigenvalue weighted by Crippen LogP contribution is 2.32. The maximum absolute atomic E-state index is 12.4. The van der Waals surface area contributed by atoms with Crippen molar-refractivity contribution in [3.8, 4) is 0 Å². The van der Waals surface area contributed by atoms with Crippen molar-refractivity contribution in [3.05, 3.63) is 30.1 Å². The summed E-state index contributed by atoms with van der Waals surface area (Å²) >= 11 is 0. The fourth-order valence-corrected chi connectivity index (χ4v) is 4.01. The number of carbonyl (C=O) groups excluding carboxylic acids is 1. The van der Waals surface area contributed by atoms with Gasteiger partial charge in [-0.25, -0.2) is 4.98 Å². The number of quaternary nitrogens is 1. The molecule has 0 atom stereocenters. The van der Waals surface area contributed by atoms with E-state index in [0.29, 0.717) is 18.2 Å². The lowest BCUT2D eigenvalue weighted by molar-refractivity contribution is -0.906. The molecule has 2 N–H and O–H groups in total. The van der Waals surface area contributed by atoms with Crippen molar-refractivity contribution >= 4 is 16.9 Å². The van der Waals surface area contributed by atoms with Gasteiger partial charge in [0.25, 0.3) is 5.91 Å². The Morgan fingerprint density at radius 2 is 2.08 bits per heavy atom. The third kappa shape index (κ3) is 3.70. The van der Waals surface area contributed by atoms with Gasteiger partial charge in [0.1, 0.15) is 13.1 Å². The summed E-state index contributed by atoms with van der Waals surface area (Å²) < 4.78 is 7.64. The topological polar surface area (TPSA) is 60.6 Å². The van der Waals surface area contributed by atoms with Crippen LogP contribution in [0, 0.1) is 0 Å². The molecule has 1 aromatic heterocycles. The number of hydrogen-bond acceptors (Lipinski definition) is 3. The van der Waals surface area contributed by atoms with Crippen LogP contribution in [0.5, 0.6) is 0 Å². The SMILES string of the molecule is O=C(NCC[NH+]1CCOCC1)c1ccc2c(c1)ncn2C1CCCC1. The minimum Gasteiger partial charge on any atom is -0.370 e. The number of carbonyl (C=O) groups is 1. The Morgan fingerprint density at radius 1 is 1.28 bits per heavy atom. The zero-order valence-electron chi connectivity index (χ0n) is 14.7. The van der Waals surface area contributed by atoms with Crippen molar-refractivity contribution in [2.24, 2.45) is 0 Å². The molecule has 4 rings (SSSR count). The lowest BCUT2D eigenvalue weighted by atomic mass is 10.1. The summed E-state index contributed by atoms with van der Waals surface area (Å²) in [6, 6.07) is 6.45. The number of nitrogens with zero attached hydrogens (tertiary/aromatic N) is 2. The molecule has 2 heterocycles. The number of rotatable bonds is 5. The number of fused-ring (bicyclic) bond motifs is 1. The van der Waals surface area contributed by atoms with E-state index in [-0.39, 0.29) is 5.91 Å². The fourth-order valence-electron chi connectivity index (χ4n) is 4.01. The maximum atomic E-state index is 12.4. The number of aromatic nitrogens is 2. The first-order chi connectivity index (χ1) is 12.3. The molecule has 2 fully saturated rings. The molecule has 0 radical (unpaired) electrons. The van der Waals surface area contributed by atoms with Crippen LogP contribution in [-0.2, 0) is 4.74 Å². The summed E-state index contributed by atoms with van der Waals surface area (Å²) in [6.45, 7) is 5.35. The lowest BCUT2D eigenvalue weighted by Crippen LogP contribution is -3.14. The van der Waals surface area contributed by atoms with Crippen molar-refractivity contribution < 1.29 is 14.4 Å². The van der Waals surface area contributed by atoms with Crippen LogP contribution < -0.4 is 10.2 Å². The molecule has 1 amide bonds. The Labute approximate surface area is 148 Å². The van der Waals surface area contributed by atoms with Crippen LogP contribution in [0.2, 0.25) is 0 Å². The van der Waals surface area contributed by atoms with E-state index in [1.54, 1.807) is 0 Å². The molecule has 2 aliphatic rings. The van der Waals surface area contributed by atoms with Crippen LogP contribution >= 0.6 is 0 Å². The maximum Gasteiger partial charge on any atom is 0.251 e. The third-order valence-corrected chi connectivity index (χ3v) is 5.52. The summed E-state index contributed by atoms with van der Waals surface area (Å²) in [5.74, 6) is -0.00928. The Hall–Kier alpha value is -1.92. The van der Waals surface area contributed by atoms with Gasteiger partial charge >= 0.3 is 0 Å². The van der Waals surface area contributed by atoms with Crippen LogP contribution in [0.25, 0.3) is 11.0 Å². The lowest BCUT2D eigenvalue weighted by Gasteiger charge is -2.23. The van der Waals surface area contributed by atoms with Gasteiger partial charge in [-0.2, -0.15) is 0 Å². The molecule has 0 unspecified atom stereocenters. The molecule has 1 aliphatic heterocycles. The van der Waals surface area contributed by atoms with Gasteiger partial charge in [0, 0.05) is 11.6 Å². The van der Waals surface area contributed by atoms with Crippen LogP contribution in [0.3, 0.4) is 0 Å². The molecular formula is C19H27N4O2+. The molecule has 6 nitrogen and oxygen atoms in total. The first-order valence-corrected chi connectivity index (χ1v) is 9.47. The molecular weight excluding hydrogens is 316 g/mol. The number of amides is 1. The molecule has 1 saturated carbocycles. The highest BCUT2D eigenvalue weighted by atomic mass is 16.5. The number of hydrogen-bond donors (Lipinski definition) is 2. The van der Waals surface area contributed by atoms with Gasteiger partial charge in [-0.05, 0) is 31.0 Å². The Bertz CT molecular complexity index is 730. The van der Waals surface area contributed by atoms with Crippen molar-refractivity contribution in [2.75, 3.05) is 39.4 Å². The second-order valence-electron chi connectivity index (χ2n) is 7.16. The number of ether oxygens (including phenoxy) is 1. The Kier molecular flexibility index (Phi) is 4.99. The van der Waals surface area contributed by atoms with Gasteiger partial charge in [-0.1, -0.05) is 12.8 Å². The van der Waals surface area contributed by atoms with Gasteiger partial charge in [-0.15, -0.1) is 0 Å². The molecule has 0 bridgehead atoms. The minimum atomic E-state index is -0.00928. The van der Waals surface area contributed by atoms with Crippen LogP contribution in [0.4, 0.5) is 0 Å². The van der Waals surface area contributed by atoms with Crippen molar-refractivity contribution in [2.45, 2.75) is 31.7 Å². The smallest absolute Gasteiger partial charge is 0.251 e. The van der Waals surface area contributed by atoms with Crippen molar-refractivity contribution in [1.82, 2.24) is 14.9 Å². The van der Waals surface area contributed by atoms with E-state index in [2.05, 4.69) is 14.9 Å². The summed E-state index contributed by atoms with van der Waals surface area (Å²) in [5, 5.41) is 3.04. The molecule has 1 aliphatic carbocycles. The summed E-state index contributed by atoms with van der Waals surface area (Å²) in [4.78, 5) is 18.4. The monoisotopic (exact) mass is 343 g/mol. The van der Waals surface area contributed by atoms with E-state index in [9.17, 15) is 4.79 Å². The average molecular weight is 343 g/mol. The average Bonchev–Trinajstić information content (AvgIpc) is 3.31. The molecule has 1 saturated heterocycles. The third-order valence-electron chi connectivity index (χ3n) is 5.52. The predicted molar refractivity (Wildman–Crippen MR) is 96.0 cm³/mol. The second kappa shape index (κ2) is 7.54. The van der Waals surface area contributed by atoms with E-state index < -0.39 is 0 Å². The van der Waals surface area contributed by atoms with Gasteiger partial charge in [-0.3, -0.25) is 4.79 Å².